The molecule has 2 aliphatic rings. The van der Waals surface area contributed by atoms with Crippen molar-refractivity contribution in [1.29, 1.82) is 0 Å². The molecule has 2 atom stereocenters. The second kappa shape index (κ2) is 9.87. The average Bonchev–Trinajstić information content (AvgIpc) is 2.94. The minimum absolute atomic E-state index is 0.0391. The van der Waals surface area contributed by atoms with Crippen LogP contribution in [0.2, 0.25) is 0 Å². The molecular formula is C27H32N2O5. The number of hydrogen-bond donors (Lipinski definition) is 3. The van der Waals surface area contributed by atoms with Gasteiger partial charge in [0.2, 0.25) is 5.91 Å². The maximum atomic E-state index is 12.9. The Balaban J connectivity index is 1.42. The fraction of sp³-hybridized carbons (Fsp3) is 0.444. The van der Waals surface area contributed by atoms with Crippen LogP contribution in [0.1, 0.15) is 63.0 Å². The topological polar surface area (TPSA) is 105 Å². The molecule has 0 unspecified atom stereocenters. The van der Waals surface area contributed by atoms with Crippen molar-refractivity contribution in [3.8, 4) is 11.1 Å². The SMILES string of the molecule is CC(C)(NC(=O)[C@@H]1CCCCC[C@@H]1NC(=O)OCC1c2ccccc2-c2ccccc21)C(=O)O. The number of carbonyl (C=O) groups is 3. The molecule has 0 radical (unpaired) electrons. The molecule has 1 fully saturated rings. The second-order valence-electron chi connectivity index (χ2n) is 9.74. The van der Waals surface area contributed by atoms with Gasteiger partial charge in [-0.1, -0.05) is 67.8 Å². The lowest BCUT2D eigenvalue weighted by Gasteiger charge is -2.29. The van der Waals surface area contributed by atoms with Gasteiger partial charge in [0.15, 0.2) is 0 Å². The van der Waals surface area contributed by atoms with Gasteiger partial charge in [-0.3, -0.25) is 4.79 Å². The summed E-state index contributed by atoms with van der Waals surface area (Å²) >= 11 is 0. The highest BCUT2D eigenvalue weighted by Gasteiger charge is 2.37. The molecule has 3 N–H and O–H groups in total. The van der Waals surface area contributed by atoms with Gasteiger partial charge in [0.05, 0.1) is 5.92 Å². The largest absolute Gasteiger partial charge is 0.480 e. The van der Waals surface area contributed by atoms with Crippen LogP contribution in [0, 0.1) is 5.92 Å². The fourth-order valence-corrected chi connectivity index (χ4v) is 5.04. The summed E-state index contributed by atoms with van der Waals surface area (Å²) in [6.07, 6.45) is 3.40. The summed E-state index contributed by atoms with van der Waals surface area (Å²) in [5, 5.41) is 14.9. The Morgan fingerprint density at radius 1 is 0.941 bits per heavy atom. The molecule has 0 spiro atoms. The fourth-order valence-electron chi connectivity index (χ4n) is 5.04. The van der Waals surface area contributed by atoms with E-state index in [4.69, 9.17) is 4.74 Å². The van der Waals surface area contributed by atoms with E-state index in [0.29, 0.717) is 12.8 Å². The number of nitrogens with one attached hydrogen (secondary N) is 2. The Morgan fingerprint density at radius 3 is 2.15 bits per heavy atom. The monoisotopic (exact) mass is 464 g/mol. The summed E-state index contributed by atoms with van der Waals surface area (Å²) in [7, 11) is 0. The van der Waals surface area contributed by atoms with Gasteiger partial charge in [-0.25, -0.2) is 9.59 Å². The van der Waals surface area contributed by atoms with Gasteiger partial charge >= 0.3 is 12.1 Å². The first-order chi connectivity index (χ1) is 16.3. The molecule has 0 bridgehead atoms. The highest BCUT2D eigenvalue weighted by atomic mass is 16.5. The number of aliphatic carboxylic acids is 1. The predicted molar refractivity (Wildman–Crippen MR) is 128 cm³/mol. The minimum Gasteiger partial charge on any atom is -0.480 e. The number of carboxylic acid groups (broad SMARTS) is 1. The molecule has 7 nitrogen and oxygen atoms in total. The molecule has 2 aromatic carbocycles. The number of ether oxygens (including phenoxy) is 1. The van der Waals surface area contributed by atoms with Crippen molar-refractivity contribution in [3.63, 3.8) is 0 Å². The van der Waals surface area contributed by atoms with Gasteiger partial charge in [0.1, 0.15) is 12.1 Å². The summed E-state index contributed by atoms with van der Waals surface area (Å²) in [5.74, 6) is -1.99. The first-order valence-electron chi connectivity index (χ1n) is 11.9. The van der Waals surface area contributed by atoms with Gasteiger partial charge < -0.3 is 20.5 Å². The maximum Gasteiger partial charge on any atom is 0.407 e. The van der Waals surface area contributed by atoms with Gasteiger partial charge in [-0.2, -0.15) is 0 Å². The van der Waals surface area contributed by atoms with Crippen LogP contribution in [0.4, 0.5) is 4.79 Å². The van der Waals surface area contributed by atoms with Gasteiger partial charge in [0.25, 0.3) is 0 Å². The van der Waals surface area contributed by atoms with Crippen LogP contribution in [-0.2, 0) is 14.3 Å². The zero-order valence-corrected chi connectivity index (χ0v) is 19.7. The molecule has 0 heterocycles. The molecule has 34 heavy (non-hydrogen) atoms. The molecule has 2 amide bonds. The molecule has 2 aromatic rings. The number of amides is 2. The first kappa shape index (κ1) is 23.8. The summed E-state index contributed by atoms with van der Waals surface area (Å²) in [4.78, 5) is 37.2. The van der Waals surface area contributed by atoms with E-state index in [1.165, 1.54) is 13.8 Å². The van der Waals surface area contributed by atoms with E-state index in [9.17, 15) is 19.5 Å². The zero-order valence-electron chi connectivity index (χ0n) is 19.7. The lowest BCUT2D eigenvalue weighted by molar-refractivity contribution is -0.147. The number of carbonyl (C=O) groups excluding carboxylic acids is 2. The molecular weight excluding hydrogens is 432 g/mol. The van der Waals surface area contributed by atoms with Crippen molar-refractivity contribution >= 4 is 18.0 Å². The van der Waals surface area contributed by atoms with E-state index >= 15 is 0 Å². The van der Waals surface area contributed by atoms with Crippen LogP contribution >= 0.6 is 0 Å². The van der Waals surface area contributed by atoms with E-state index in [-0.39, 0.29) is 18.4 Å². The number of rotatable bonds is 6. The predicted octanol–water partition coefficient (Wildman–Crippen LogP) is 4.45. The minimum atomic E-state index is -1.38. The summed E-state index contributed by atoms with van der Waals surface area (Å²) in [6.45, 7) is 3.12. The average molecular weight is 465 g/mol. The third-order valence-electron chi connectivity index (χ3n) is 6.97. The van der Waals surface area contributed by atoms with Crippen molar-refractivity contribution in [3.05, 3.63) is 59.7 Å². The molecule has 180 valence electrons. The molecule has 0 aromatic heterocycles. The van der Waals surface area contributed by atoms with Crippen LogP contribution in [0.25, 0.3) is 11.1 Å². The van der Waals surface area contributed by atoms with E-state index in [2.05, 4.69) is 34.9 Å². The van der Waals surface area contributed by atoms with E-state index < -0.39 is 29.6 Å². The van der Waals surface area contributed by atoms with Crippen molar-refractivity contribution < 1.29 is 24.2 Å². The van der Waals surface area contributed by atoms with E-state index in [1.807, 2.05) is 24.3 Å². The third kappa shape index (κ3) is 4.93. The molecule has 7 heteroatoms. The maximum absolute atomic E-state index is 12.9. The van der Waals surface area contributed by atoms with Crippen molar-refractivity contribution in [2.24, 2.45) is 5.92 Å². The van der Waals surface area contributed by atoms with Crippen LogP contribution < -0.4 is 10.6 Å². The van der Waals surface area contributed by atoms with Gasteiger partial charge in [-0.05, 0) is 48.9 Å². The van der Waals surface area contributed by atoms with Crippen LogP contribution in [0.5, 0.6) is 0 Å². The molecule has 1 saturated carbocycles. The molecule has 2 aliphatic carbocycles. The van der Waals surface area contributed by atoms with E-state index in [1.54, 1.807) is 0 Å². The Labute approximate surface area is 199 Å². The molecule has 4 rings (SSSR count). The number of alkyl carbamates (subject to hydrolysis) is 1. The summed E-state index contributed by atoms with van der Waals surface area (Å²) in [5.41, 5.74) is 3.22. The van der Waals surface area contributed by atoms with Crippen LogP contribution in [0.15, 0.2) is 48.5 Å². The number of fused-ring (bicyclic) bond motifs is 3. The van der Waals surface area contributed by atoms with Crippen molar-refractivity contribution in [1.82, 2.24) is 10.6 Å². The third-order valence-corrected chi connectivity index (χ3v) is 6.97. The van der Waals surface area contributed by atoms with Crippen LogP contribution in [-0.4, -0.2) is 41.3 Å². The summed E-state index contributed by atoms with van der Waals surface area (Å²) < 4.78 is 5.67. The Bertz CT molecular complexity index is 1030. The van der Waals surface area contributed by atoms with Crippen LogP contribution in [0.3, 0.4) is 0 Å². The lowest BCUT2D eigenvalue weighted by atomic mass is 9.92. The summed E-state index contributed by atoms with van der Waals surface area (Å²) in [6, 6.07) is 15.9. The smallest absolute Gasteiger partial charge is 0.407 e. The normalized spacial score (nSPS) is 19.9. The standard InChI is InChI=1S/C27H32N2O5/c1-27(2,25(31)32)29-24(30)21-14-4-3-5-15-23(21)28-26(33)34-16-22-19-12-8-6-10-17(19)18-11-7-9-13-20(18)22/h6-13,21-23H,3-5,14-16H2,1-2H3,(H,28,33)(H,29,30)(H,31,32)/t21-,23+/m1/s1. The van der Waals surface area contributed by atoms with Gasteiger partial charge in [-0.15, -0.1) is 0 Å². The number of benzene rings is 2. The lowest BCUT2D eigenvalue weighted by Crippen LogP contribution is -2.55. The van der Waals surface area contributed by atoms with Gasteiger partial charge in [0, 0.05) is 12.0 Å². The van der Waals surface area contributed by atoms with E-state index in [0.717, 1.165) is 41.5 Å². The number of carboxylic acids is 1. The Hall–Kier alpha value is -3.35. The number of hydrogen-bond acceptors (Lipinski definition) is 4. The quantitative estimate of drug-likeness (QED) is 0.548. The highest BCUT2D eigenvalue weighted by Crippen LogP contribution is 2.44. The van der Waals surface area contributed by atoms with Crippen molar-refractivity contribution in [2.75, 3.05) is 6.61 Å². The second-order valence-corrected chi connectivity index (χ2v) is 9.74. The highest BCUT2D eigenvalue weighted by molar-refractivity contribution is 5.88. The first-order valence-corrected chi connectivity index (χ1v) is 11.9. The molecule has 0 aliphatic heterocycles. The Kier molecular flexibility index (Phi) is 6.91. The van der Waals surface area contributed by atoms with Crippen molar-refractivity contribution in [2.45, 2.75) is 63.5 Å². The molecule has 0 saturated heterocycles. The zero-order chi connectivity index (χ0) is 24.3. The Morgan fingerprint density at radius 2 is 1.53 bits per heavy atom.